The Kier molecular flexibility index (Phi) is 3.42. The molecule has 0 radical (unpaired) electrons. The molecule has 0 amide bonds. The fraction of sp³-hybridized carbons (Fsp3) is 0.429. The molecule has 0 saturated heterocycles. The standard InChI is InChI=1S/C14H16O/c15-14-9-5-4-8-13(14)11-10-12-6-2-1-3-7-12/h1-3,6-7,13-15H,4-5,8-9H2. The Bertz CT molecular complexity index is 358. The van der Waals surface area contributed by atoms with Gasteiger partial charge in [0.25, 0.3) is 0 Å². The van der Waals surface area contributed by atoms with Crippen molar-refractivity contribution in [2.45, 2.75) is 31.8 Å². The molecule has 1 aromatic rings. The summed E-state index contributed by atoms with van der Waals surface area (Å²) in [5, 5.41) is 9.74. The van der Waals surface area contributed by atoms with Crippen LogP contribution in [0.2, 0.25) is 0 Å². The maximum absolute atomic E-state index is 9.74. The van der Waals surface area contributed by atoms with Crippen LogP contribution in [0, 0.1) is 17.8 Å². The highest BCUT2D eigenvalue weighted by Gasteiger charge is 2.20. The highest BCUT2D eigenvalue weighted by molar-refractivity contribution is 5.34. The molecule has 0 bridgehead atoms. The van der Waals surface area contributed by atoms with Gasteiger partial charge in [0, 0.05) is 11.5 Å². The Hall–Kier alpha value is -1.26. The zero-order valence-electron chi connectivity index (χ0n) is 8.82. The largest absolute Gasteiger partial charge is 0.392 e. The van der Waals surface area contributed by atoms with E-state index in [4.69, 9.17) is 0 Å². The molecule has 1 N–H and O–H groups in total. The summed E-state index contributed by atoms with van der Waals surface area (Å²) in [6, 6.07) is 9.97. The predicted octanol–water partition coefficient (Wildman–Crippen LogP) is 2.59. The van der Waals surface area contributed by atoms with Gasteiger partial charge in [0.1, 0.15) is 0 Å². The quantitative estimate of drug-likeness (QED) is 0.638. The van der Waals surface area contributed by atoms with Gasteiger partial charge in [-0.25, -0.2) is 0 Å². The summed E-state index contributed by atoms with van der Waals surface area (Å²) in [5.41, 5.74) is 1.04. The van der Waals surface area contributed by atoms with Crippen LogP contribution in [0.1, 0.15) is 31.2 Å². The molecule has 78 valence electrons. The van der Waals surface area contributed by atoms with Gasteiger partial charge in [-0.3, -0.25) is 0 Å². The highest BCUT2D eigenvalue weighted by atomic mass is 16.3. The molecular weight excluding hydrogens is 184 g/mol. The lowest BCUT2D eigenvalue weighted by atomic mass is 9.87. The van der Waals surface area contributed by atoms with Crippen LogP contribution in [-0.4, -0.2) is 11.2 Å². The molecule has 1 aliphatic carbocycles. The van der Waals surface area contributed by atoms with Crippen LogP contribution in [0.3, 0.4) is 0 Å². The summed E-state index contributed by atoms with van der Waals surface area (Å²) in [5.74, 6) is 6.50. The minimum absolute atomic E-state index is 0.180. The molecule has 0 spiro atoms. The predicted molar refractivity (Wildman–Crippen MR) is 61.3 cm³/mol. The van der Waals surface area contributed by atoms with Gasteiger partial charge in [-0.1, -0.05) is 42.9 Å². The smallest absolute Gasteiger partial charge is 0.0677 e. The van der Waals surface area contributed by atoms with E-state index in [-0.39, 0.29) is 12.0 Å². The van der Waals surface area contributed by atoms with E-state index in [2.05, 4.69) is 11.8 Å². The fourth-order valence-electron chi connectivity index (χ4n) is 1.98. The van der Waals surface area contributed by atoms with Crippen molar-refractivity contribution in [3.8, 4) is 11.8 Å². The van der Waals surface area contributed by atoms with Crippen molar-refractivity contribution in [3.05, 3.63) is 35.9 Å². The Morgan fingerprint density at radius 3 is 2.53 bits per heavy atom. The molecule has 1 saturated carbocycles. The second kappa shape index (κ2) is 5.00. The summed E-state index contributed by atoms with van der Waals surface area (Å²) < 4.78 is 0. The van der Waals surface area contributed by atoms with Crippen molar-refractivity contribution in [2.24, 2.45) is 5.92 Å². The van der Waals surface area contributed by atoms with E-state index in [1.165, 1.54) is 6.42 Å². The van der Waals surface area contributed by atoms with E-state index >= 15 is 0 Å². The Labute approximate surface area is 91.1 Å². The van der Waals surface area contributed by atoms with Crippen LogP contribution in [0.15, 0.2) is 30.3 Å². The van der Waals surface area contributed by atoms with Gasteiger partial charge in [0.05, 0.1) is 6.10 Å². The van der Waals surface area contributed by atoms with Gasteiger partial charge < -0.3 is 5.11 Å². The maximum atomic E-state index is 9.74. The molecule has 15 heavy (non-hydrogen) atoms. The van der Waals surface area contributed by atoms with Gasteiger partial charge in [-0.05, 0) is 25.0 Å². The van der Waals surface area contributed by atoms with Crippen LogP contribution < -0.4 is 0 Å². The second-order valence-electron chi connectivity index (χ2n) is 4.09. The number of hydrogen-bond donors (Lipinski definition) is 1. The molecule has 2 atom stereocenters. The second-order valence-corrected chi connectivity index (χ2v) is 4.09. The molecule has 1 heteroatoms. The third-order valence-corrected chi connectivity index (χ3v) is 2.91. The summed E-state index contributed by atoms with van der Waals surface area (Å²) in [6.45, 7) is 0. The molecule has 1 fully saturated rings. The molecule has 0 aromatic heterocycles. The summed E-state index contributed by atoms with van der Waals surface area (Å²) in [6.07, 6.45) is 4.08. The first-order valence-electron chi connectivity index (χ1n) is 5.61. The monoisotopic (exact) mass is 200 g/mol. The average molecular weight is 200 g/mol. The number of hydrogen-bond acceptors (Lipinski definition) is 1. The molecule has 0 aliphatic heterocycles. The zero-order valence-corrected chi connectivity index (χ0v) is 8.82. The van der Waals surface area contributed by atoms with Gasteiger partial charge in [0.2, 0.25) is 0 Å². The third-order valence-electron chi connectivity index (χ3n) is 2.91. The first-order chi connectivity index (χ1) is 7.36. The number of aliphatic hydroxyl groups is 1. The van der Waals surface area contributed by atoms with Gasteiger partial charge in [-0.2, -0.15) is 0 Å². The summed E-state index contributed by atoms with van der Waals surface area (Å²) in [7, 11) is 0. The average Bonchev–Trinajstić information content (AvgIpc) is 2.29. The summed E-state index contributed by atoms with van der Waals surface area (Å²) in [4.78, 5) is 0. The van der Waals surface area contributed by atoms with E-state index in [0.717, 1.165) is 24.8 Å². The van der Waals surface area contributed by atoms with Crippen LogP contribution >= 0.6 is 0 Å². The Morgan fingerprint density at radius 1 is 1.07 bits per heavy atom. The molecule has 1 aliphatic rings. The summed E-state index contributed by atoms with van der Waals surface area (Å²) >= 11 is 0. The fourth-order valence-corrected chi connectivity index (χ4v) is 1.98. The Morgan fingerprint density at radius 2 is 1.80 bits per heavy atom. The van der Waals surface area contributed by atoms with Crippen LogP contribution in [0.5, 0.6) is 0 Å². The molecule has 1 aromatic carbocycles. The molecule has 1 nitrogen and oxygen atoms in total. The number of aliphatic hydroxyl groups excluding tert-OH is 1. The number of benzene rings is 1. The topological polar surface area (TPSA) is 20.2 Å². The van der Waals surface area contributed by atoms with Crippen molar-refractivity contribution >= 4 is 0 Å². The van der Waals surface area contributed by atoms with Gasteiger partial charge in [0.15, 0.2) is 0 Å². The van der Waals surface area contributed by atoms with E-state index in [9.17, 15) is 5.11 Å². The maximum Gasteiger partial charge on any atom is 0.0677 e. The Balaban J connectivity index is 2.04. The van der Waals surface area contributed by atoms with E-state index < -0.39 is 0 Å². The van der Waals surface area contributed by atoms with Gasteiger partial charge in [-0.15, -0.1) is 0 Å². The zero-order chi connectivity index (χ0) is 10.5. The highest BCUT2D eigenvalue weighted by Crippen LogP contribution is 2.23. The minimum atomic E-state index is -0.213. The van der Waals surface area contributed by atoms with Gasteiger partial charge >= 0.3 is 0 Å². The first kappa shape index (κ1) is 10.3. The van der Waals surface area contributed by atoms with Crippen molar-refractivity contribution in [3.63, 3.8) is 0 Å². The SMILES string of the molecule is OC1CCCCC1C#Cc1ccccc1. The van der Waals surface area contributed by atoms with E-state index in [1.54, 1.807) is 0 Å². The molecular formula is C14H16O. The number of rotatable bonds is 0. The molecule has 0 heterocycles. The molecule has 2 unspecified atom stereocenters. The van der Waals surface area contributed by atoms with Crippen LogP contribution in [-0.2, 0) is 0 Å². The lowest BCUT2D eigenvalue weighted by molar-refractivity contribution is 0.0970. The van der Waals surface area contributed by atoms with Crippen molar-refractivity contribution in [2.75, 3.05) is 0 Å². The van der Waals surface area contributed by atoms with Crippen molar-refractivity contribution < 1.29 is 5.11 Å². The van der Waals surface area contributed by atoms with E-state index in [0.29, 0.717) is 0 Å². The lowest BCUT2D eigenvalue weighted by Gasteiger charge is -2.22. The van der Waals surface area contributed by atoms with Crippen LogP contribution in [0.4, 0.5) is 0 Å². The first-order valence-corrected chi connectivity index (χ1v) is 5.61. The molecule has 2 rings (SSSR count). The minimum Gasteiger partial charge on any atom is -0.392 e. The lowest BCUT2D eigenvalue weighted by Crippen LogP contribution is -2.22. The van der Waals surface area contributed by atoms with Crippen LogP contribution in [0.25, 0.3) is 0 Å². The van der Waals surface area contributed by atoms with E-state index in [1.807, 2.05) is 30.3 Å². The van der Waals surface area contributed by atoms with Crippen molar-refractivity contribution in [1.82, 2.24) is 0 Å². The van der Waals surface area contributed by atoms with Crippen molar-refractivity contribution in [1.29, 1.82) is 0 Å². The normalized spacial score (nSPS) is 25.4. The third kappa shape index (κ3) is 2.84.